The molecule has 2 atom stereocenters. The second kappa shape index (κ2) is 6.34. The molecular weight excluding hydrogens is 285 g/mol. The Balaban J connectivity index is 1.92. The van der Waals surface area contributed by atoms with Gasteiger partial charge in [0.15, 0.2) is 0 Å². The van der Waals surface area contributed by atoms with Crippen LogP contribution in [0.25, 0.3) is 0 Å². The topological polar surface area (TPSA) is 55.6 Å². The SMILES string of the molecule is NC[C@@H]1CN(C(=O)OCc2ccccc2)C[C@H]1C(F)(F)F. The van der Waals surface area contributed by atoms with Crippen molar-refractivity contribution in [2.45, 2.75) is 12.8 Å². The van der Waals surface area contributed by atoms with Gasteiger partial charge in [-0.1, -0.05) is 30.3 Å². The molecule has 4 nitrogen and oxygen atoms in total. The molecular formula is C14H17F3N2O2. The Morgan fingerprint density at radius 1 is 1.29 bits per heavy atom. The third-order valence-electron chi connectivity index (χ3n) is 3.63. The van der Waals surface area contributed by atoms with Gasteiger partial charge in [0.2, 0.25) is 0 Å². The van der Waals surface area contributed by atoms with Crippen LogP contribution in [0, 0.1) is 11.8 Å². The first-order valence-electron chi connectivity index (χ1n) is 6.64. The minimum Gasteiger partial charge on any atom is -0.445 e. The van der Waals surface area contributed by atoms with E-state index in [-0.39, 0.29) is 26.2 Å². The van der Waals surface area contributed by atoms with E-state index in [0.29, 0.717) is 0 Å². The average molecular weight is 302 g/mol. The van der Waals surface area contributed by atoms with Crippen LogP contribution in [0.5, 0.6) is 0 Å². The lowest BCUT2D eigenvalue weighted by Gasteiger charge is -2.19. The fourth-order valence-electron chi connectivity index (χ4n) is 2.44. The molecule has 2 rings (SSSR count). The molecule has 1 heterocycles. The van der Waals surface area contributed by atoms with Crippen molar-refractivity contribution in [3.63, 3.8) is 0 Å². The minimum absolute atomic E-state index is 0.0195. The van der Waals surface area contributed by atoms with Gasteiger partial charge < -0.3 is 15.4 Å². The van der Waals surface area contributed by atoms with Gasteiger partial charge in [0.25, 0.3) is 0 Å². The summed E-state index contributed by atoms with van der Waals surface area (Å²) in [6.07, 6.45) is -5.08. The van der Waals surface area contributed by atoms with Gasteiger partial charge in [0.05, 0.1) is 5.92 Å². The van der Waals surface area contributed by atoms with Crippen LogP contribution in [-0.2, 0) is 11.3 Å². The molecule has 0 bridgehead atoms. The van der Waals surface area contributed by atoms with Crippen LogP contribution < -0.4 is 5.73 Å². The Hall–Kier alpha value is -1.76. The Bertz CT molecular complexity index is 479. The van der Waals surface area contributed by atoms with E-state index in [2.05, 4.69) is 0 Å². The normalized spacial score (nSPS) is 22.4. The monoisotopic (exact) mass is 302 g/mol. The highest BCUT2D eigenvalue weighted by Gasteiger charge is 2.50. The maximum atomic E-state index is 12.9. The standard InChI is InChI=1S/C14H17F3N2O2/c15-14(16,17)12-8-19(7-11(12)6-18)13(20)21-9-10-4-2-1-3-5-10/h1-5,11-12H,6-9,18H2/t11-,12-/m1/s1. The number of benzene rings is 1. The molecule has 0 aliphatic carbocycles. The van der Waals surface area contributed by atoms with Crippen LogP contribution in [0.4, 0.5) is 18.0 Å². The molecule has 1 saturated heterocycles. The van der Waals surface area contributed by atoms with Crippen molar-refractivity contribution in [3.05, 3.63) is 35.9 Å². The van der Waals surface area contributed by atoms with Crippen LogP contribution in [0.2, 0.25) is 0 Å². The Morgan fingerprint density at radius 3 is 2.48 bits per heavy atom. The fourth-order valence-corrected chi connectivity index (χ4v) is 2.44. The number of ether oxygens (including phenoxy) is 1. The van der Waals surface area contributed by atoms with Crippen molar-refractivity contribution in [1.82, 2.24) is 4.90 Å². The number of nitrogens with two attached hydrogens (primary N) is 1. The molecule has 0 spiro atoms. The Labute approximate surface area is 120 Å². The van der Waals surface area contributed by atoms with E-state index in [1.807, 2.05) is 6.07 Å². The van der Waals surface area contributed by atoms with Gasteiger partial charge in [-0.25, -0.2) is 4.79 Å². The largest absolute Gasteiger partial charge is 0.445 e. The zero-order valence-electron chi connectivity index (χ0n) is 11.3. The van der Waals surface area contributed by atoms with Gasteiger partial charge in [-0.05, 0) is 12.1 Å². The lowest BCUT2D eigenvalue weighted by Crippen LogP contribution is -2.33. The van der Waals surface area contributed by atoms with E-state index in [1.165, 1.54) is 0 Å². The van der Waals surface area contributed by atoms with Gasteiger partial charge in [-0.3, -0.25) is 0 Å². The fraction of sp³-hybridized carbons (Fsp3) is 0.500. The van der Waals surface area contributed by atoms with Gasteiger partial charge >= 0.3 is 12.3 Å². The molecule has 1 aromatic rings. The predicted octanol–water partition coefficient (Wildman–Crippen LogP) is 2.39. The molecule has 2 N–H and O–H groups in total. The summed E-state index contributed by atoms with van der Waals surface area (Å²) in [4.78, 5) is 12.9. The van der Waals surface area contributed by atoms with Crippen LogP contribution in [-0.4, -0.2) is 36.8 Å². The van der Waals surface area contributed by atoms with Crippen LogP contribution >= 0.6 is 0 Å². The van der Waals surface area contributed by atoms with Crippen LogP contribution in [0.3, 0.4) is 0 Å². The number of hydrogen-bond donors (Lipinski definition) is 1. The van der Waals surface area contributed by atoms with Crippen molar-refractivity contribution < 1.29 is 22.7 Å². The molecule has 7 heteroatoms. The third-order valence-corrected chi connectivity index (χ3v) is 3.63. The summed E-state index contributed by atoms with van der Waals surface area (Å²) in [5, 5.41) is 0. The number of alkyl halides is 3. The number of hydrogen-bond acceptors (Lipinski definition) is 3. The van der Waals surface area contributed by atoms with Crippen LogP contribution in [0.1, 0.15) is 5.56 Å². The second-order valence-electron chi connectivity index (χ2n) is 5.09. The van der Waals surface area contributed by atoms with Crippen LogP contribution in [0.15, 0.2) is 30.3 Å². The Kier molecular flexibility index (Phi) is 4.72. The van der Waals surface area contributed by atoms with Gasteiger partial charge in [-0.15, -0.1) is 0 Å². The summed E-state index contributed by atoms with van der Waals surface area (Å²) in [6.45, 7) is -0.472. The van der Waals surface area contributed by atoms with E-state index in [4.69, 9.17) is 10.5 Å². The first-order valence-corrected chi connectivity index (χ1v) is 6.64. The first-order chi connectivity index (χ1) is 9.91. The number of carbonyl (C=O) groups is 1. The lowest BCUT2D eigenvalue weighted by molar-refractivity contribution is -0.179. The molecule has 116 valence electrons. The zero-order chi connectivity index (χ0) is 15.5. The lowest BCUT2D eigenvalue weighted by atomic mass is 9.96. The number of amides is 1. The number of likely N-dealkylation sites (tertiary alicyclic amines) is 1. The van der Waals surface area contributed by atoms with E-state index in [1.54, 1.807) is 24.3 Å². The molecule has 0 unspecified atom stereocenters. The molecule has 21 heavy (non-hydrogen) atoms. The molecule has 1 aliphatic heterocycles. The number of carbonyl (C=O) groups excluding carboxylic acids is 1. The quantitative estimate of drug-likeness (QED) is 0.933. The summed E-state index contributed by atoms with van der Waals surface area (Å²) in [5.74, 6) is -2.35. The van der Waals surface area contributed by atoms with E-state index in [9.17, 15) is 18.0 Å². The van der Waals surface area contributed by atoms with Gasteiger partial charge in [-0.2, -0.15) is 13.2 Å². The van der Waals surface area contributed by atoms with Crippen molar-refractivity contribution in [1.29, 1.82) is 0 Å². The van der Waals surface area contributed by atoms with E-state index in [0.717, 1.165) is 10.5 Å². The van der Waals surface area contributed by atoms with Crippen molar-refractivity contribution >= 4 is 6.09 Å². The third kappa shape index (κ3) is 3.87. The summed E-state index contributed by atoms with van der Waals surface area (Å²) >= 11 is 0. The molecule has 0 radical (unpaired) electrons. The number of nitrogens with zero attached hydrogens (tertiary/aromatic N) is 1. The zero-order valence-corrected chi connectivity index (χ0v) is 11.3. The molecule has 1 fully saturated rings. The maximum absolute atomic E-state index is 12.9. The summed E-state index contributed by atoms with van der Waals surface area (Å²) in [6, 6.07) is 8.97. The molecule has 0 aromatic heterocycles. The van der Waals surface area contributed by atoms with Gasteiger partial charge in [0.1, 0.15) is 6.61 Å². The predicted molar refractivity (Wildman–Crippen MR) is 70.3 cm³/mol. The first kappa shape index (κ1) is 15.6. The highest BCUT2D eigenvalue weighted by atomic mass is 19.4. The Morgan fingerprint density at radius 2 is 1.95 bits per heavy atom. The molecule has 1 amide bonds. The minimum atomic E-state index is -4.35. The highest BCUT2D eigenvalue weighted by molar-refractivity contribution is 5.68. The highest BCUT2D eigenvalue weighted by Crippen LogP contribution is 2.37. The van der Waals surface area contributed by atoms with E-state index >= 15 is 0 Å². The average Bonchev–Trinajstić information content (AvgIpc) is 2.90. The molecule has 1 aliphatic rings. The number of halogens is 3. The molecule has 0 saturated carbocycles. The second-order valence-corrected chi connectivity index (χ2v) is 5.09. The van der Waals surface area contributed by atoms with E-state index < -0.39 is 24.1 Å². The van der Waals surface area contributed by atoms with Crippen molar-refractivity contribution in [2.24, 2.45) is 17.6 Å². The van der Waals surface area contributed by atoms with Crippen molar-refractivity contribution in [3.8, 4) is 0 Å². The summed E-state index contributed by atoms with van der Waals surface area (Å²) in [5.41, 5.74) is 6.15. The molecule has 1 aromatic carbocycles. The summed E-state index contributed by atoms with van der Waals surface area (Å²) < 4.78 is 43.6. The van der Waals surface area contributed by atoms with Gasteiger partial charge in [0, 0.05) is 19.0 Å². The number of rotatable bonds is 3. The smallest absolute Gasteiger partial charge is 0.410 e. The summed E-state index contributed by atoms with van der Waals surface area (Å²) in [7, 11) is 0. The maximum Gasteiger partial charge on any atom is 0.410 e. The van der Waals surface area contributed by atoms with Crippen molar-refractivity contribution in [2.75, 3.05) is 19.6 Å².